The summed E-state index contributed by atoms with van der Waals surface area (Å²) in [6, 6.07) is 2.86. The molecule has 0 unspecified atom stereocenters. The zero-order valence-corrected chi connectivity index (χ0v) is 11.9. The van der Waals surface area contributed by atoms with Gasteiger partial charge < -0.3 is 5.32 Å². The Kier molecular flexibility index (Phi) is 4.26. The summed E-state index contributed by atoms with van der Waals surface area (Å²) in [5.74, 6) is -1.15. The second-order valence-electron chi connectivity index (χ2n) is 4.96. The van der Waals surface area contributed by atoms with Gasteiger partial charge in [-0.3, -0.25) is 4.79 Å². The average Bonchev–Trinajstić information content (AvgIpc) is 2.42. The number of hydrogen-bond donors (Lipinski definition) is 1. The molecule has 0 radical (unpaired) electrons. The summed E-state index contributed by atoms with van der Waals surface area (Å²) in [5, 5.41) is 2.32. The molecule has 0 saturated carbocycles. The first-order valence-electron chi connectivity index (χ1n) is 6.48. The SMILES string of the molecule is Cc1nc(C(C)C)ncc1C(=O)Nc1cc(F)ccc1F. The Morgan fingerprint density at radius 1 is 1.29 bits per heavy atom. The third kappa shape index (κ3) is 3.39. The van der Waals surface area contributed by atoms with E-state index < -0.39 is 17.5 Å². The average molecular weight is 291 g/mol. The molecule has 0 spiro atoms. The maximum absolute atomic E-state index is 13.5. The van der Waals surface area contributed by atoms with E-state index in [1.165, 1.54) is 6.20 Å². The van der Waals surface area contributed by atoms with Gasteiger partial charge in [-0.25, -0.2) is 18.7 Å². The number of halogens is 2. The van der Waals surface area contributed by atoms with Crippen molar-refractivity contribution in [2.45, 2.75) is 26.7 Å². The number of rotatable bonds is 3. The Bertz CT molecular complexity index is 687. The van der Waals surface area contributed by atoms with Gasteiger partial charge in [0, 0.05) is 18.2 Å². The lowest BCUT2D eigenvalue weighted by Gasteiger charge is -2.10. The predicted molar refractivity (Wildman–Crippen MR) is 75.2 cm³/mol. The highest BCUT2D eigenvalue weighted by molar-refractivity contribution is 6.04. The fourth-order valence-corrected chi connectivity index (χ4v) is 1.77. The molecular formula is C15H15F2N3O. The van der Waals surface area contributed by atoms with E-state index >= 15 is 0 Å². The fourth-order valence-electron chi connectivity index (χ4n) is 1.77. The molecule has 110 valence electrons. The van der Waals surface area contributed by atoms with E-state index in [0.717, 1.165) is 18.2 Å². The van der Waals surface area contributed by atoms with Gasteiger partial charge in [0.1, 0.15) is 17.5 Å². The first-order chi connectivity index (χ1) is 9.88. The Hall–Kier alpha value is -2.37. The van der Waals surface area contributed by atoms with Crippen LogP contribution in [0.25, 0.3) is 0 Å². The van der Waals surface area contributed by atoms with Crippen molar-refractivity contribution < 1.29 is 13.6 Å². The van der Waals surface area contributed by atoms with E-state index in [0.29, 0.717) is 11.5 Å². The summed E-state index contributed by atoms with van der Waals surface area (Å²) in [6.45, 7) is 5.55. The molecule has 0 saturated heterocycles. The van der Waals surface area contributed by atoms with Crippen LogP contribution in [0.15, 0.2) is 24.4 Å². The topological polar surface area (TPSA) is 54.9 Å². The second-order valence-corrected chi connectivity index (χ2v) is 4.96. The lowest BCUT2D eigenvalue weighted by atomic mass is 10.1. The lowest BCUT2D eigenvalue weighted by molar-refractivity contribution is 0.102. The molecule has 1 amide bonds. The first-order valence-corrected chi connectivity index (χ1v) is 6.48. The van der Waals surface area contributed by atoms with E-state index in [1.54, 1.807) is 6.92 Å². The molecule has 1 aromatic heterocycles. The molecule has 21 heavy (non-hydrogen) atoms. The largest absolute Gasteiger partial charge is 0.319 e. The number of aromatic nitrogens is 2. The van der Waals surface area contributed by atoms with E-state index in [2.05, 4.69) is 15.3 Å². The second kappa shape index (κ2) is 5.95. The third-order valence-electron chi connectivity index (χ3n) is 2.94. The molecule has 0 aliphatic carbocycles. The highest BCUT2D eigenvalue weighted by Crippen LogP contribution is 2.17. The van der Waals surface area contributed by atoms with Gasteiger partial charge in [-0.05, 0) is 19.1 Å². The van der Waals surface area contributed by atoms with Crippen molar-refractivity contribution in [1.29, 1.82) is 0 Å². The highest BCUT2D eigenvalue weighted by Gasteiger charge is 2.15. The number of nitrogens with zero attached hydrogens (tertiary/aromatic N) is 2. The molecule has 1 heterocycles. The van der Waals surface area contributed by atoms with E-state index in [4.69, 9.17) is 0 Å². The summed E-state index contributed by atoms with van der Waals surface area (Å²) < 4.78 is 26.6. The number of aryl methyl sites for hydroxylation is 1. The van der Waals surface area contributed by atoms with Crippen LogP contribution < -0.4 is 5.32 Å². The minimum Gasteiger partial charge on any atom is -0.319 e. The summed E-state index contributed by atoms with van der Waals surface area (Å²) in [5.41, 5.74) is 0.499. The Labute approximate surface area is 121 Å². The molecule has 2 rings (SSSR count). The Balaban J connectivity index is 2.26. The van der Waals surface area contributed by atoms with Crippen LogP contribution in [0.4, 0.5) is 14.5 Å². The molecule has 1 aromatic carbocycles. The van der Waals surface area contributed by atoms with Crippen molar-refractivity contribution in [3.05, 3.63) is 53.1 Å². The Morgan fingerprint density at radius 2 is 2.00 bits per heavy atom. The molecule has 0 atom stereocenters. The van der Waals surface area contributed by atoms with Crippen LogP contribution in [0.1, 0.15) is 41.6 Å². The molecule has 0 bridgehead atoms. The van der Waals surface area contributed by atoms with Gasteiger partial charge in [-0.2, -0.15) is 0 Å². The molecule has 0 fully saturated rings. The van der Waals surface area contributed by atoms with Crippen molar-refractivity contribution in [1.82, 2.24) is 9.97 Å². The normalized spacial score (nSPS) is 10.8. The van der Waals surface area contributed by atoms with Gasteiger partial charge in [0.25, 0.3) is 5.91 Å². The number of carbonyl (C=O) groups excluding carboxylic acids is 1. The number of anilines is 1. The molecule has 1 N–H and O–H groups in total. The molecular weight excluding hydrogens is 276 g/mol. The number of hydrogen-bond acceptors (Lipinski definition) is 3. The van der Waals surface area contributed by atoms with Crippen LogP contribution in [0.2, 0.25) is 0 Å². The van der Waals surface area contributed by atoms with Gasteiger partial charge in [0.2, 0.25) is 0 Å². The van der Waals surface area contributed by atoms with E-state index in [-0.39, 0.29) is 17.2 Å². The molecule has 4 nitrogen and oxygen atoms in total. The molecule has 6 heteroatoms. The van der Waals surface area contributed by atoms with Crippen LogP contribution in [0, 0.1) is 18.6 Å². The van der Waals surface area contributed by atoms with Crippen LogP contribution >= 0.6 is 0 Å². The van der Waals surface area contributed by atoms with E-state index in [9.17, 15) is 13.6 Å². The molecule has 0 aliphatic heterocycles. The predicted octanol–water partition coefficient (Wildman–Crippen LogP) is 3.44. The van der Waals surface area contributed by atoms with Gasteiger partial charge in [0.05, 0.1) is 16.9 Å². The Morgan fingerprint density at radius 3 is 2.62 bits per heavy atom. The summed E-state index contributed by atoms with van der Waals surface area (Å²) >= 11 is 0. The third-order valence-corrected chi connectivity index (χ3v) is 2.94. The number of benzene rings is 1. The van der Waals surface area contributed by atoms with Crippen LogP contribution in [-0.2, 0) is 0 Å². The zero-order valence-electron chi connectivity index (χ0n) is 11.9. The van der Waals surface area contributed by atoms with Crippen molar-refractivity contribution in [3.8, 4) is 0 Å². The monoisotopic (exact) mass is 291 g/mol. The van der Waals surface area contributed by atoms with Crippen LogP contribution in [-0.4, -0.2) is 15.9 Å². The minimum absolute atomic E-state index is 0.140. The maximum Gasteiger partial charge on any atom is 0.259 e. The first kappa shape index (κ1) is 15.0. The van der Waals surface area contributed by atoms with Crippen molar-refractivity contribution in [3.63, 3.8) is 0 Å². The smallest absolute Gasteiger partial charge is 0.259 e. The number of nitrogens with one attached hydrogen (secondary N) is 1. The van der Waals surface area contributed by atoms with Gasteiger partial charge >= 0.3 is 0 Å². The lowest BCUT2D eigenvalue weighted by Crippen LogP contribution is -2.16. The van der Waals surface area contributed by atoms with Gasteiger partial charge in [0.15, 0.2) is 0 Å². The maximum atomic E-state index is 13.5. The quantitative estimate of drug-likeness (QED) is 0.942. The molecule has 0 aliphatic rings. The van der Waals surface area contributed by atoms with Gasteiger partial charge in [-0.1, -0.05) is 13.8 Å². The fraction of sp³-hybridized carbons (Fsp3) is 0.267. The standard InChI is InChI=1S/C15H15F2N3O/c1-8(2)14-18-7-11(9(3)19-14)15(21)20-13-6-10(16)4-5-12(13)17/h4-8H,1-3H3,(H,20,21). The van der Waals surface area contributed by atoms with Crippen LogP contribution in [0.3, 0.4) is 0 Å². The van der Waals surface area contributed by atoms with Crippen molar-refractivity contribution in [2.24, 2.45) is 0 Å². The summed E-state index contributed by atoms with van der Waals surface area (Å²) in [6.07, 6.45) is 1.39. The van der Waals surface area contributed by atoms with Gasteiger partial charge in [-0.15, -0.1) is 0 Å². The molecule has 2 aromatic rings. The highest BCUT2D eigenvalue weighted by atomic mass is 19.1. The van der Waals surface area contributed by atoms with Crippen molar-refractivity contribution in [2.75, 3.05) is 5.32 Å². The number of amides is 1. The summed E-state index contributed by atoms with van der Waals surface area (Å²) in [7, 11) is 0. The summed E-state index contributed by atoms with van der Waals surface area (Å²) in [4.78, 5) is 20.4. The number of carbonyl (C=O) groups is 1. The minimum atomic E-state index is -0.706. The van der Waals surface area contributed by atoms with Crippen LogP contribution in [0.5, 0.6) is 0 Å². The van der Waals surface area contributed by atoms with Crippen molar-refractivity contribution >= 4 is 11.6 Å². The zero-order chi connectivity index (χ0) is 15.6. The van der Waals surface area contributed by atoms with E-state index in [1.807, 2.05) is 13.8 Å².